The summed E-state index contributed by atoms with van der Waals surface area (Å²) in [6.07, 6.45) is 1.98. The third kappa shape index (κ3) is 5.40. The summed E-state index contributed by atoms with van der Waals surface area (Å²) in [6.45, 7) is 10.4. The van der Waals surface area contributed by atoms with E-state index < -0.39 is 23.5 Å². The number of ether oxygens (including phenoxy) is 3. The molecule has 0 bridgehead atoms. The second-order valence-electron chi connectivity index (χ2n) is 7.12. The second kappa shape index (κ2) is 8.14. The molecule has 1 aromatic rings. The van der Waals surface area contributed by atoms with Crippen LogP contribution in [0.3, 0.4) is 0 Å². The summed E-state index contributed by atoms with van der Waals surface area (Å²) in [5.74, 6) is 0.908. The highest BCUT2D eigenvalue weighted by atomic mass is 16.7. The van der Waals surface area contributed by atoms with Gasteiger partial charge in [-0.1, -0.05) is 5.16 Å². The third-order valence-corrected chi connectivity index (χ3v) is 3.89. The second-order valence-corrected chi connectivity index (χ2v) is 7.12. The van der Waals surface area contributed by atoms with Gasteiger partial charge in [0, 0.05) is 13.2 Å². The van der Waals surface area contributed by atoms with Crippen molar-refractivity contribution in [1.29, 1.82) is 0 Å². The highest BCUT2D eigenvalue weighted by Gasteiger charge is 2.45. The monoisotopic (exact) mass is 355 g/mol. The number of hydrogen-bond donors (Lipinski definition) is 1. The molecular formula is C17H29N3O5. The van der Waals surface area contributed by atoms with Gasteiger partial charge < -0.3 is 24.1 Å². The molecule has 0 radical (unpaired) electrons. The quantitative estimate of drug-likeness (QED) is 0.716. The Balaban J connectivity index is 2.04. The average Bonchev–Trinajstić information content (AvgIpc) is 2.90. The van der Waals surface area contributed by atoms with Crippen LogP contribution in [0.1, 0.15) is 65.6 Å². The molecule has 0 saturated heterocycles. The zero-order valence-corrected chi connectivity index (χ0v) is 15.8. The summed E-state index contributed by atoms with van der Waals surface area (Å²) in [6, 6.07) is 0. The molecule has 0 aliphatic heterocycles. The van der Waals surface area contributed by atoms with Crippen LogP contribution in [0.25, 0.3) is 0 Å². The molecule has 0 spiro atoms. The SMILES string of the molecule is CCOC(Cc1nc(C2(NC(=O)OC(C)(C)C)CCC2)no1)OCC. The van der Waals surface area contributed by atoms with E-state index in [1.165, 1.54) is 0 Å². The molecule has 1 fully saturated rings. The first kappa shape index (κ1) is 19.7. The topological polar surface area (TPSA) is 95.7 Å². The molecule has 2 rings (SSSR count). The highest BCUT2D eigenvalue weighted by Crippen LogP contribution is 2.40. The Hall–Kier alpha value is -1.67. The Morgan fingerprint density at radius 3 is 2.40 bits per heavy atom. The highest BCUT2D eigenvalue weighted by molar-refractivity contribution is 5.69. The molecule has 1 heterocycles. The largest absolute Gasteiger partial charge is 0.444 e. The molecule has 1 aliphatic carbocycles. The van der Waals surface area contributed by atoms with Gasteiger partial charge in [-0.3, -0.25) is 0 Å². The van der Waals surface area contributed by atoms with Gasteiger partial charge in [0.25, 0.3) is 0 Å². The van der Waals surface area contributed by atoms with E-state index in [9.17, 15) is 4.79 Å². The van der Waals surface area contributed by atoms with Crippen LogP contribution in [0.5, 0.6) is 0 Å². The Morgan fingerprint density at radius 2 is 1.92 bits per heavy atom. The van der Waals surface area contributed by atoms with Gasteiger partial charge in [-0.15, -0.1) is 0 Å². The Morgan fingerprint density at radius 1 is 1.28 bits per heavy atom. The van der Waals surface area contributed by atoms with Gasteiger partial charge in [0.05, 0.1) is 6.42 Å². The van der Waals surface area contributed by atoms with Crippen molar-refractivity contribution < 1.29 is 23.5 Å². The first-order valence-corrected chi connectivity index (χ1v) is 8.85. The zero-order chi connectivity index (χ0) is 18.5. The van der Waals surface area contributed by atoms with Crippen molar-refractivity contribution in [3.63, 3.8) is 0 Å². The van der Waals surface area contributed by atoms with Gasteiger partial charge in [0.1, 0.15) is 11.1 Å². The van der Waals surface area contributed by atoms with E-state index in [-0.39, 0.29) is 0 Å². The fraction of sp³-hybridized carbons (Fsp3) is 0.824. The van der Waals surface area contributed by atoms with Gasteiger partial charge in [0.2, 0.25) is 5.89 Å². The van der Waals surface area contributed by atoms with E-state index in [1.54, 1.807) is 0 Å². The molecule has 142 valence electrons. The molecule has 25 heavy (non-hydrogen) atoms. The van der Waals surface area contributed by atoms with Crippen molar-refractivity contribution in [3.8, 4) is 0 Å². The van der Waals surface area contributed by atoms with E-state index in [2.05, 4.69) is 15.5 Å². The lowest BCUT2D eigenvalue weighted by Crippen LogP contribution is -2.52. The van der Waals surface area contributed by atoms with Crippen LogP contribution in [0.15, 0.2) is 4.52 Å². The maximum Gasteiger partial charge on any atom is 0.408 e. The summed E-state index contributed by atoms with van der Waals surface area (Å²) >= 11 is 0. The van der Waals surface area contributed by atoms with Crippen LogP contribution in [-0.2, 0) is 26.2 Å². The minimum Gasteiger partial charge on any atom is -0.444 e. The van der Waals surface area contributed by atoms with Crippen LogP contribution < -0.4 is 5.32 Å². The van der Waals surface area contributed by atoms with Crippen molar-refractivity contribution in [2.45, 2.75) is 77.7 Å². The number of rotatable bonds is 8. The van der Waals surface area contributed by atoms with E-state index >= 15 is 0 Å². The van der Waals surface area contributed by atoms with Crippen molar-refractivity contribution in [2.24, 2.45) is 0 Å². The Labute approximate surface area is 148 Å². The van der Waals surface area contributed by atoms with Crippen LogP contribution in [-0.4, -0.2) is 41.3 Å². The minimum absolute atomic E-state index is 0.372. The molecule has 8 nitrogen and oxygen atoms in total. The summed E-state index contributed by atoms with van der Waals surface area (Å²) in [4.78, 5) is 16.6. The standard InChI is InChI=1S/C17H29N3O5/c1-6-22-13(23-7-2)11-12-18-14(20-25-12)17(9-8-10-17)19-15(21)24-16(3,4)5/h13H,6-11H2,1-5H3,(H,19,21). The lowest BCUT2D eigenvalue weighted by atomic mass is 9.76. The van der Waals surface area contributed by atoms with E-state index in [1.807, 2.05) is 34.6 Å². The number of nitrogens with zero attached hydrogens (tertiary/aromatic N) is 2. The molecule has 8 heteroatoms. The number of hydrogen-bond acceptors (Lipinski definition) is 7. The van der Waals surface area contributed by atoms with E-state index in [0.29, 0.717) is 31.3 Å². The molecule has 1 amide bonds. The normalized spacial score (nSPS) is 16.6. The molecule has 1 aromatic heterocycles. The van der Waals surface area contributed by atoms with Crippen LogP contribution >= 0.6 is 0 Å². The van der Waals surface area contributed by atoms with Crippen molar-refractivity contribution in [1.82, 2.24) is 15.5 Å². The van der Waals surface area contributed by atoms with Gasteiger partial charge in [-0.2, -0.15) is 4.98 Å². The lowest BCUT2D eigenvalue weighted by Gasteiger charge is -2.39. The van der Waals surface area contributed by atoms with Crippen LogP contribution in [0.2, 0.25) is 0 Å². The lowest BCUT2D eigenvalue weighted by molar-refractivity contribution is -0.137. The molecule has 1 saturated carbocycles. The maximum atomic E-state index is 12.1. The summed E-state index contributed by atoms with van der Waals surface area (Å²) in [5, 5.41) is 6.98. The first-order valence-electron chi connectivity index (χ1n) is 8.85. The molecule has 0 atom stereocenters. The summed E-state index contributed by atoms with van der Waals surface area (Å²) in [7, 11) is 0. The first-order chi connectivity index (χ1) is 11.8. The smallest absolute Gasteiger partial charge is 0.408 e. The zero-order valence-electron chi connectivity index (χ0n) is 15.8. The predicted octanol–water partition coefficient (Wildman–Crippen LogP) is 2.92. The summed E-state index contributed by atoms with van der Waals surface area (Å²) < 4.78 is 21.7. The van der Waals surface area contributed by atoms with Gasteiger partial charge >= 0.3 is 6.09 Å². The Kier molecular flexibility index (Phi) is 6.40. The molecule has 0 aromatic carbocycles. The number of nitrogens with one attached hydrogen (secondary N) is 1. The van der Waals surface area contributed by atoms with Crippen molar-refractivity contribution in [3.05, 3.63) is 11.7 Å². The number of aromatic nitrogens is 2. The van der Waals surface area contributed by atoms with Crippen molar-refractivity contribution >= 4 is 6.09 Å². The Bertz CT molecular complexity index is 557. The van der Waals surface area contributed by atoms with Crippen molar-refractivity contribution in [2.75, 3.05) is 13.2 Å². The van der Waals surface area contributed by atoms with Crippen LogP contribution in [0, 0.1) is 0 Å². The van der Waals surface area contributed by atoms with Gasteiger partial charge in [-0.05, 0) is 53.9 Å². The van der Waals surface area contributed by atoms with Crippen LogP contribution in [0.4, 0.5) is 4.79 Å². The van der Waals surface area contributed by atoms with E-state index in [4.69, 9.17) is 18.7 Å². The molecular weight excluding hydrogens is 326 g/mol. The number of carbonyl (C=O) groups is 1. The van der Waals surface area contributed by atoms with Gasteiger partial charge in [-0.25, -0.2) is 4.79 Å². The molecule has 0 unspecified atom stereocenters. The fourth-order valence-electron chi connectivity index (χ4n) is 2.65. The van der Waals surface area contributed by atoms with E-state index in [0.717, 1.165) is 19.3 Å². The minimum atomic E-state index is -0.614. The number of carbonyl (C=O) groups excluding carboxylic acids is 1. The fourth-order valence-corrected chi connectivity index (χ4v) is 2.65. The molecule has 1 N–H and O–H groups in total. The third-order valence-electron chi connectivity index (χ3n) is 3.89. The van der Waals surface area contributed by atoms with Gasteiger partial charge in [0.15, 0.2) is 12.1 Å². The predicted molar refractivity (Wildman–Crippen MR) is 89.9 cm³/mol. The maximum absolute atomic E-state index is 12.1. The number of alkyl carbamates (subject to hydrolysis) is 1. The average molecular weight is 355 g/mol. The number of amides is 1. The molecule has 1 aliphatic rings. The summed E-state index contributed by atoms with van der Waals surface area (Å²) in [5.41, 5.74) is -1.17.